The van der Waals surface area contributed by atoms with Crippen molar-refractivity contribution in [1.82, 2.24) is 14.5 Å². The number of hydrogen-bond donors (Lipinski definition) is 0. The van der Waals surface area contributed by atoms with Crippen molar-refractivity contribution < 1.29 is 9.53 Å². The number of aromatic nitrogens is 2. The summed E-state index contributed by atoms with van der Waals surface area (Å²) < 4.78 is 8.00. The van der Waals surface area contributed by atoms with Gasteiger partial charge in [0.25, 0.3) is 5.91 Å². The van der Waals surface area contributed by atoms with Crippen molar-refractivity contribution in [2.45, 2.75) is 57.6 Å². The number of imidazole rings is 1. The first-order valence-corrected chi connectivity index (χ1v) is 10.5. The van der Waals surface area contributed by atoms with Crippen LogP contribution in [0, 0.1) is 0 Å². The van der Waals surface area contributed by atoms with Crippen molar-refractivity contribution in [3.63, 3.8) is 0 Å². The number of rotatable bonds is 4. The molecule has 6 heteroatoms. The second-order valence-corrected chi connectivity index (χ2v) is 8.67. The zero-order valence-electron chi connectivity index (χ0n) is 15.6. The lowest BCUT2D eigenvalue weighted by Crippen LogP contribution is -2.38. The van der Waals surface area contributed by atoms with E-state index < -0.39 is 0 Å². The molecule has 2 aliphatic rings. The predicted molar refractivity (Wildman–Crippen MR) is 103 cm³/mol. The molecule has 0 aliphatic carbocycles. The Morgan fingerprint density at radius 2 is 2.08 bits per heavy atom. The summed E-state index contributed by atoms with van der Waals surface area (Å²) in [5.41, 5.74) is 0. The number of thiophene rings is 1. The summed E-state index contributed by atoms with van der Waals surface area (Å²) in [5.74, 6) is 1.79. The molecule has 4 heterocycles. The second-order valence-electron chi connectivity index (χ2n) is 7.56. The van der Waals surface area contributed by atoms with Gasteiger partial charge in [-0.2, -0.15) is 0 Å². The number of amides is 1. The fraction of sp³-hybridized carbons (Fsp3) is 0.600. The smallest absolute Gasteiger partial charge is 0.263 e. The first kappa shape index (κ1) is 17.7. The van der Waals surface area contributed by atoms with Gasteiger partial charge in [-0.25, -0.2) is 4.98 Å². The van der Waals surface area contributed by atoms with E-state index >= 15 is 0 Å². The van der Waals surface area contributed by atoms with Crippen LogP contribution in [-0.2, 0) is 4.74 Å². The maximum atomic E-state index is 12.9. The molecule has 0 spiro atoms. The number of ether oxygens (including phenoxy) is 1. The summed E-state index contributed by atoms with van der Waals surface area (Å²) in [6, 6.07) is 4.47. The summed E-state index contributed by atoms with van der Waals surface area (Å²) in [6.07, 6.45) is 8.31. The zero-order chi connectivity index (χ0) is 18.1. The number of nitrogens with zero attached hydrogens (tertiary/aromatic N) is 3. The summed E-state index contributed by atoms with van der Waals surface area (Å²) in [6.45, 7) is 6.83. The maximum absolute atomic E-state index is 12.9. The van der Waals surface area contributed by atoms with Crippen LogP contribution in [0.1, 0.15) is 78.0 Å². The Bertz CT molecular complexity index is 753. The van der Waals surface area contributed by atoms with E-state index in [0.717, 1.165) is 50.3 Å². The van der Waals surface area contributed by atoms with Gasteiger partial charge in [0.2, 0.25) is 0 Å². The Morgan fingerprint density at radius 3 is 2.77 bits per heavy atom. The number of carbonyl (C=O) groups is 1. The molecule has 0 radical (unpaired) electrons. The molecule has 2 aromatic heterocycles. The molecular formula is C20H27N3O2S. The molecule has 2 aliphatic heterocycles. The minimum Gasteiger partial charge on any atom is -0.373 e. The van der Waals surface area contributed by atoms with Crippen LogP contribution >= 0.6 is 11.3 Å². The van der Waals surface area contributed by atoms with Gasteiger partial charge in [-0.1, -0.05) is 0 Å². The highest BCUT2D eigenvalue weighted by Crippen LogP contribution is 2.34. The van der Waals surface area contributed by atoms with E-state index in [0.29, 0.717) is 12.0 Å². The average Bonchev–Trinajstić information content (AvgIpc) is 3.42. The maximum Gasteiger partial charge on any atom is 0.263 e. The molecule has 0 aromatic carbocycles. The zero-order valence-corrected chi connectivity index (χ0v) is 16.4. The van der Waals surface area contributed by atoms with Crippen molar-refractivity contribution in [3.05, 3.63) is 40.1 Å². The van der Waals surface area contributed by atoms with Gasteiger partial charge in [0.1, 0.15) is 5.82 Å². The Balaban J connectivity index is 1.38. The van der Waals surface area contributed by atoms with E-state index in [4.69, 9.17) is 4.74 Å². The lowest BCUT2D eigenvalue weighted by molar-refractivity contribution is 0.0715. The number of piperidine rings is 1. The van der Waals surface area contributed by atoms with Gasteiger partial charge in [0, 0.05) is 48.9 Å². The van der Waals surface area contributed by atoms with Crippen LogP contribution in [0.25, 0.3) is 0 Å². The minimum atomic E-state index is 0.171. The molecule has 0 unspecified atom stereocenters. The highest BCUT2D eigenvalue weighted by molar-refractivity contribution is 7.14. The van der Waals surface area contributed by atoms with Crippen molar-refractivity contribution in [3.8, 4) is 0 Å². The molecule has 0 saturated carbocycles. The summed E-state index contributed by atoms with van der Waals surface area (Å²) in [4.78, 5) is 21.5. The molecule has 4 rings (SSSR count). The fourth-order valence-corrected chi connectivity index (χ4v) is 5.08. The van der Waals surface area contributed by atoms with Gasteiger partial charge in [-0.15, -0.1) is 11.3 Å². The van der Waals surface area contributed by atoms with Crippen LogP contribution in [0.4, 0.5) is 0 Å². The number of likely N-dealkylation sites (tertiary alicyclic amines) is 1. The summed E-state index contributed by atoms with van der Waals surface area (Å²) >= 11 is 1.60. The largest absolute Gasteiger partial charge is 0.373 e. The Morgan fingerprint density at radius 1 is 1.27 bits per heavy atom. The molecule has 2 aromatic rings. The minimum absolute atomic E-state index is 0.171. The van der Waals surface area contributed by atoms with Crippen LogP contribution in [0.15, 0.2) is 24.5 Å². The molecule has 0 bridgehead atoms. The Hall–Kier alpha value is -1.66. The van der Waals surface area contributed by atoms with Crippen molar-refractivity contribution in [2.75, 3.05) is 19.7 Å². The van der Waals surface area contributed by atoms with E-state index in [1.807, 2.05) is 17.2 Å². The molecule has 2 saturated heterocycles. The molecule has 0 N–H and O–H groups in total. The first-order chi connectivity index (χ1) is 12.6. The molecule has 140 valence electrons. The topological polar surface area (TPSA) is 47.4 Å². The number of hydrogen-bond acceptors (Lipinski definition) is 4. The second kappa shape index (κ2) is 7.53. The van der Waals surface area contributed by atoms with E-state index in [2.05, 4.69) is 35.7 Å². The normalized spacial score (nSPS) is 21.7. The Labute approximate surface area is 159 Å². The lowest BCUT2D eigenvalue weighted by atomic mass is 9.95. The highest BCUT2D eigenvalue weighted by Gasteiger charge is 2.28. The van der Waals surface area contributed by atoms with Gasteiger partial charge in [0.05, 0.1) is 11.0 Å². The first-order valence-electron chi connectivity index (χ1n) is 9.67. The highest BCUT2D eigenvalue weighted by atomic mass is 32.1. The monoisotopic (exact) mass is 373 g/mol. The molecule has 5 nitrogen and oxygen atoms in total. The van der Waals surface area contributed by atoms with Crippen molar-refractivity contribution in [2.24, 2.45) is 0 Å². The van der Waals surface area contributed by atoms with Gasteiger partial charge < -0.3 is 14.2 Å². The van der Waals surface area contributed by atoms with Crippen molar-refractivity contribution >= 4 is 17.2 Å². The van der Waals surface area contributed by atoms with Crippen LogP contribution < -0.4 is 0 Å². The Kier molecular flexibility index (Phi) is 5.14. The van der Waals surface area contributed by atoms with Crippen LogP contribution in [0.3, 0.4) is 0 Å². The van der Waals surface area contributed by atoms with E-state index in [9.17, 15) is 4.79 Å². The van der Waals surface area contributed by atoms with E-state index in [1.165, 1.54) is 10.7 Å². The quantitative estimate of drug-likeness (QED) is 0.798. The van der Waals surface area contributed by atoms with E-state index in [-0.39, 0.29) is 12.0 Å². The average molecular weight is 374 g/mol. The molecule has 2 fully saturated rings. The van der Waals surface area contributed by atoms with Gasteiger partial charge in [-0.05, 0) is 51.7 Å². The van der Waals surface area contributed by atoms with Gasteiger partial charge in [0.15, 0.2) is 0 Å². The molecule has 1 amide bonds. The van der Waals surface area contributed by atoms with E-state index in [1.54, 1.807) is 11.3 Å². The fourth-order valence-electron chi connectivity index (χ4n) is 4.02. The summed E-state index contributed by atoms with van der Waals surface area (Å²) in [7, 11) is 0. The predicted octanol–water partition coefficient (Wildman–Crippen LogP) is 4.40. The number of carbonyl (C=O) groups excluding carboxylic acids is 1. The third kappa shape index (κ3) is 3.45. The van der Waals surface area contributed by atoms with Crippen molar-refractivity contribution in [1.29, 1.82) is 0 Å². The summed E-state index contributed by atoms with van der Waals surface area (Å²) in [5, 5.41) is 0. The SMILES string of the molecule is CC(C)n1ccnc1C1CCN(C(=O)c2ccc([C@@H]3CCCO3)s2)CC1. The lowest BCUT2D eigenvalue weighted by Gasteiger charge is -2.32. The molecular weight excluding hydrogens is 346 g/mol. The molecule has 1 atom stereocenters. The van der Waals surface area contributed by atoms with Gasteiger partial charge in [-0.3, -0.25) is 4.79 Å². The third-order valence-electron chi connectivity index (χ3n) is 5.49. The molecule has 26 heavy (non-hydrogen) atoms. The third-order valence-corrected chi connectivity index (χ3v) is 6.65. The van der Waals surface area contributed by atoms with Crippen LogP contribution in [-0.4, -0.2) is 40.1 Å². The van der Waals surface area contributed by atoms with Gasteiger partial charge >= 0.3 is 0 Å². The standard InChI is InChI=1S/C20H27N3O2S/c1-14(2)23-12-9-21-19(23)15-7-10-22(11-8-15)20(24)18-6-5-17(26-18)16-4-3-13-25-16/h5-6,9,12,14-16H,3-4,7-8,10-11,13H2,1-2H3/t16-/m0/s1. The van der Waals surface area contributed by atoms with Crippen LogP contribution in [0.5, 0.6) is 0 Å². The van der Waals surface area contributed by atoms with Crippen LogP contribution in [0.2, 0.25) is 0 Å².